The van der Waals surface area contributed by atoms with Crippen molar-refractivity contribution in [2.24, 2.45) is 5.92 Å². The third-order valence-corrected chi connectivity index (χ3v) is 3.62. The van der Waals surface area contributed by atoms with E-state index in [0.29, 0.717) is 29.4 Å². The summed E-state index contributed by atoms with van der Waals surface area (Å²) in [7, 11) is 0. The molecule has 22 heavy (non-hydrogen) atoms. The molecule has 1 aromatic heterocycles. The topological polar surface area (TPSA) is 108 Å². The van der Waals surface area contributed by atoms with Gasteiger partial charge in [-0.15, -0.1) is 0 Å². The van der Waals surface area contributed by atoms with Gasteiger partial charge in [-0.05, 0) is 18.4 Å². The Morgan fingerprint density at radius 2 is 2.18 bits per heavy atom. The Hall–Kier alpha value is -2.41. The maximum Gasteiger partial charge on any atom is 0.270 e. The van der Waals surface area contributed by atoms with Crippen molar-refractivity contribution >= 4 is 22.5 Å². The van der Waals surface area contributed by atoms with Crippen LogP contribution < -0.4 is 5.32 Å². The summed E-state index contributed by atoms with van der Waals surface area (Å²) in [4.78, 5) is 25.4. The van der Waals surface area contributed by atoms with Crippen LogP contribution in [0, 0.1) is 16.0 Å². The van der Waals surface area contributed by atoms with Crippen molar-refractivity contribution in [1.82, 2.24) is 10.3 Å². The van der Waals surface area contributed by atoms with Crippen LogP contribution in [-0.4, -0.2) is 33.6 Å². The van der Waals surface area contributed by atoms with Crippen molar-refractivity contribution in [2.75, 3.05) is 6.54 Å². The van der Waals surface area contributed by atoms with Crippen LogP contribution in [0.3, 0.4) is 0 Å². The van der Waals surface area contributed by atoms with Gasteiger partial charge >= 0.3 is 0 Å². The number of fused-ring (bicyclic) bond motifs is 1. The number of H-pyrrole nitrogens is 1. The minimum absolute atomic E-state index is 0.0589. The van der Waals surface area contributed by atoms with Crippen LogP contribution in [0.15, 0.2) is 24.4 Å². The number of aliphatic hydroxyl groups is 1. The van der Waals surface area contributed by atoms with Crippen LogP contribution in [0.1, 0.15) is 30.6 Å². The highest BCUT2D eigenvalue weighted by Crippen LogP contribution is 2.23. The molecule has 1 atom stereocenters. The van der Waals surface area contributed by atoms with Crippen molar-refractivity contribution in [3.05, 3.63) is 40.1 Å². The average Bonchev–Trinajstić information content (AvgIpc) is 2.89. The minimum atomic E-state index is -0.493. The predicted molar refractivity (Wildman–Crippen MR) is 82.7 cm³/mol. The molecule has 0 aliphatic rings. The zero-order valence-electron chi connectivity index (χ0n) is 12.5. The first kappa shape index (κ1) is 16.0. The molecule has 0 spiro atoms. The van der Waals surface area contributed by atoms with E-state index >= 15 is 0 Å². The van der Waals surface area contributed by atoms with Crippen LogP contribution in [0.4, 0.5) is 5.69 Å². The van der Waals surface area contributed by atoms with Gasteiger partial charge in [-0.1, -0.05) is 13.8 Å². The van der Waals surface area contributed by atoms with Gasteiger partial charge < -0.3 is 15.4 Å². The number of nitro benzene ring substituents is 1. The van der Waals surface area contributed by atoms with E-state index in [9.17, 15) is 20.0 Å². The van der Waals surface area contributed by atoms with Crippen molar-refractivity contribution in [1.29, 1.82) is 0 Å². The van der Waals surface area contributed by atoms with E-state index in [1.54, 1.807) is 6.07 Å². The standard InChI is InChI=1S/C15H19N3O4/c1-9(2)14(19)5-6-16-15(20)12-8-17-13-4-3-10(18(21)22)7-11(12)13/h3-4,7-9,14,17,19H,5-6H2,1-2H3,(H,16,20). The predicted octanol–water partition coefficient (Wildman–Crippen LogP) is 2.21. The molecule has 1 unspecified atom stereocenters. The van der Waals surface area contributed by atoms with Crippen molar-refractivity contribution in [3.63, 3.8) is 0 Å². The molecule has 118 valence electrons. The van der Waals surface area contributed by atoms with Crippen LogP contribution in [0.2, 0.25) is 0 Å². The summed E-state index contributed by atoms with van der Waals surface area (Å²) in [5.74, 6) is -0.185. The van der Waals surface area contributed by atoms with Crippen LogP contribution in [0.5, 0.6) is 0 Å². The van der Waals surface area contributed by atoms with Gasteiger partial charge in [0.25, 0.3) is 11.6 Å². The zero-order valence-corrected chi connectivity index (χ0v) is 12.5. The fourth-order valence-corrected chi connectivity index (χ4v) is 2.17. The molecule has 0 aliphatic heterocycles. The van der Waals surface area contributed by atoms with Crippen LogP contribution >= 0.6 is 0 Å². The number of aromatic nitrogens is 1. The molecule has 2 aromatic rings. The summed E-state index contributed by atoms with van der Waals surface area (Å²) < 4.78 is 0. The lowest BCUT2D eigenvalue weighted by atomic mass is 10.0. The van der Waals surface area contributed by atoms with E-state index in [4.69, 9.17) is 0 Å². The molecule has 2 rings (SSSR count). The number of nitrogens with zero attached hydrogens (tertiary/aromatic N) is 1. The molecule has 0 fully saturated rings. The Balaban J connectivity index is 2.11. The fourth-order valence-electron chi connectivity index (χ4n) is 2.17. The van der Waals surface area contributed by atoms with Crippen molar-refractivity contribution in [2.45, 2.75) is 26.4 Å². The Kier molecular flexibility index (Phi) is 4.77. The number of hydrogen-bond acceptors (Lipinski definition) is 4. The van der Waals surface area contributed by atoms with E-state index < -0.39 is 11.0 Å². The zero-order chi connectivity index (χ0) is 16.3. The van der Waals surface area contributed by atoms with E-state index in [1.807, 2.05) is 13.8 Å². The highest BCUT2D eigenvalue weighted by Gasteiger charge is 2.16. The first-order valence-electron chi connectivity index (χ1n) is 7.12. The Morgan fingerprint density at radius 1 is 1.45 bits per heavy atom. The van der Waals surface area contributed by atoms with E-state index in [0.717, 1.165) is 0 Å². The number of non-ortho nitro benzene ring substituents is 1. The quantitative estimate of drug-likeness (QED) is 0.561. The number of nitro groups is 1. The monoisotopic (exact) mass is 305 g/mol. The number of nitrogens with one attached hydrogen (secondary N) is 2. The Labute approximate surface area is 127 Å². The van der Waals surface area contributed by atoms with Gasteiger partial charge in [0.15, 0.2) is 0 Å². The number of hydrogen-bond donors (Lipinski definition) is 3. The van der Waals surface area contributed by atoms with Gasteiger partial charge in [0, 0.05) is 35.8 Å². The van der Waals surface area contributed by atoms with Crippen molar-refractivity contribution < 1.29 is 14.8 Å². The third kappa shape index (κ3) is 3.43. The molecule has 1 aromatic carbocycles. The van der Waals surface area contributed by atoms with Crippen molar-refractivity contribution in [3.8, 4) is 0 Å². The molecular weight excluding hydrogens is 286 g/mol. The maximum absolute atomic E-state index is 12.2. The lowest BCUT2D eigenvalue weighted by Gasteiger charge is -2.14. The van der Waals surface area contributed by atoms with Gasteiger partial charge in [-0.3, -0.25) is 14.9 Å². The molecule has 0 radical (unpaired) electrons. The van der Waals surface area contributed by atoms with Gasteiger partial charge in [0.2, 0.25) is 0 Å². The summed E-state index contributed by atoms with van der Waals surface area (Å²) in [6.07, 6.45) is 1.53. The molecule has 3 N–H and O–H groups in total. The maximum atomic E-state index is 12.2. The second-order valence-corrected chi connectivity index (χ2v) is 5.55. The van der Waals surface area contributed by atoms with Crippen LogP contribution in [0.25, 0.3) is 10.9 Å². The number of aliphatic hydroxyl groups excluding tert-OH is 1. The highest BCUT2D eigenvalue weighted by atomic mass is 16.6. The molecular formula is C15H19N3O4. The fraction of sp³-hybridized carbons (Fsp3) is 0.400. The largest absolute Gasteiger partial charge is 0.393 e. The number of aromatic amines is 1. The third-order valence-electron chi connectivity index (χ3n) is 3.62. The second-order valence-electron chi connectivity index (χ2n) is 5.55. The number of carbonyl (C=O) groups is 1. The van der Waals surface area contributed by atoms with Crippen LogP contribution in [-0.2, 0) is 0 Å². The smallest absolute Gasteiger partial charge is 0.270 e. The lowest BCUT2D eigenvalue weighted by molar-refractivity contribution is -0.384. The van der Waals surface area contributed by atoms with E-state index in [2.05, 4.69) is 10.3 Å². The second kappa shape index (κ2) is 6.57. The summed E-state index contributed by atoms with van der Waals surface area (Å²) >= 11 is 0. The molecule has 0 saturated heterocycles. The normalized spacial score (nSPS) is 12.5. The van der Waals surface area contributed by atoms with Gasteiger partial charge in [0.05, 0.1) is 16.6 Å². The SMILES string of the molecule is CC(C)C(O)CCNC(=O)c1c[nH]c2ccc([N+](=O)[O-])cc12. The molecule has 1 heterocycles. The first-order chi connectivity index (χ1) is 10.4. The Morgan fingerprint density at radius 3 is 2.82 bits per heavy atom. The van der Waals surface area contributed by atoms with Gasteiger partial charge in [-0.25, -0.2) is 0 Å². The lowest BCUT2D eigenvalue weighted by Crippen LogP contribution is -2.28. The number of benzene rings is 1. The molecule has 0 aliphatic carbocycles. The molecule has 0 bridgehead atoms. The number of carbonyl (C=O) groups excluding carboxylic acids is 1. The molecule has 7 heteroatoms. The molecule has 0 saturated carbocycles. The van der Waals surface area contributed by atoms with Gasteiger partial charge in [-0.2, -0.15) is 0 Å². The summed E-state index contributed by atoms with van der Waals surface area (Å²) in [6, 6.07) is 4.34. The van der Waals surface area contributed by atoms with E-state index in [1.165, 1.54) is 18.3 Å². The molecule has 7 nitrogen and oxygen atoms in total. The highest BCUT2D eigenvalue weighted by molar-refractivity contribution is 6.07. The summed E-state index contributed by atoms with van der Waals surface area (Å²) in [6.45, 7) is 4.16. The Bertz CT molecular complexity index is 693. The van der Waals surface area contributed by atoms with E-state index in [-0.39, 0.29) is 17.5 Å². The minimum Gasteiger partial charge on any atom is -0.393 e. The van der Waals surface area contributed by atoms with Gasteiger partial charge in [0.1, 0.15) is 0 Å². The number of rotatable bonds is 6. The molecule has 1 amide bonds. The summed E-state index contributed by atoms with van der Waals surface area (Å²) in [5, 5.41) is 23.8. The first-order valence-corrected chi connectivity index (χ1v) is 7.12. The number of amides is 1. The summed E-state index contributed by atoms with van der Waals surface area (Å²) in [5.41, 5.74) is 0.965. The average molecular weight is 305 g/mol.